The predicted octanol–water partition coefficient (Wildman–Crippen LogP) is 4.48. The fraction of sp³-hybridized carbons (Fsp3) is 0.421. The van der Waals surface area contributed by atoms with Crippen LogP contribution >= 0.6 is 0 Å². The fourth-order valence-electron chi connectivity index (χ4n) is 3.52. The average Bonchev–Trinajstić information content (AvgIpc) is 3.13. The fourth-order valence-corrected chi connectivity index (χ4v) is 3.52. The molecule has 152 valence electrons. The molecule has 0 atom stereocenters. The maximum Gasteiger partial charge on any atom is 0.416 e. The Morgan fingerprint density at radius 3 is 2.31 bits per heavy atom. The Bertz CT molecular complexity index is 931. The zero-order valence-corrected chi connectivity index (χ0v) is 15.6. The van der Waals surface area contributed by atoms with Crippen molar-refractivity contribution in [2.45, 2.75) is 50.7 Å². The van der Waals surface area contributed by atoms with Gasteiger partial charge in [0.05, 0.1) is 5.56 Å². The molecule has 2 N–H and O–H groups in total. The monoisotopic (exact) mass is 403 g/mol. The molecule has 3 aromatic rings. The molecule has 0 amide bonds. The van der Waals surface area contributed by atoms with Crippen LogP contribution in [-0.4, -0.2) is 36.6 Å². The number of nitrogens with one attached hydrogen (secondary N) is 2. The second-order valence-electron chi connectivity index (χ2n) is 7.10. The molecule has 0 aliphatic heterocycles. The Morgan fingerprint density at radius 2 is 1.69 bits per heavy atom. The van der Waals surface area contributed by atoms with E-state index in [2.05, 4.69) is 35.9 Å². The third-order valence-corrected chi connectivity index (χ3v) is 5.05. The van der Waals surface area contributed by atoms with Crippen LogP contribution < -0.4 is 5.32 Å². The number of tetrazole rings is 1. The molecule has 1 saturated carbocycles. The van der Waals surface area contributed by atoms with Crippen LogP contribution in [-0.2, 0) is 6.18 Å². The summed E-state index contributed by atoms with van der Waals surface area (Å²) in [4.78, 5) is 8.84. The van der Waals surface area contributed by atoms with Crippen LogP contribution in [0.15, 0.2) is 30.5 Å². The summed E-state index contributed by atoms with van der Waals surface area (Å²) < 4.78 is 38.7. The number of aromatic nitrogens is 6. The van der Waals surface area contributed by atoms with Gasteiger partial charge in [0.25, 0.3) is 0 Å². The first-order chi connectivity index (χ1) is 14.0. The summed E-state index contributed by atoms with van der Waals surface area (Å²) in [6.45, 7) is 0. The van der Waals surface area contributed by atoms with Crippen molar-refractivity contribution in [3.8, 4) is 22.8 Å². The highest BCUT2D eigenvalue weighted by molar-refractivity contribution is 5.76. The number of alkyl halides is 3. The van der Waals surface area contributed by atoms with E-state index in [4.69, 9.17) is 0 Å². The zero-order chi connectivity index (χ0) is 20.3. The van der Waals surface area contributed by atoms with E-state index in [1.807, 2.05) is 0 Å². The molecule has 1 aliphatic rings. The minimum atomic E-state index is -4.38. The van der Waals surface area contributed by atoms with Gasteiger partial charge >= 0.3 is 6.18 Å². The molecule has 29 heavy (non-hydrogen) atoms. The second kappa shape index (κ2) is 8.14. The van der Waals surface area contributed by atoms with Crippen molar-refractivity contribution in [1.82, 2.24) is 30.6 Å². The Morgan fingerprint density at radius 1 is 0.966 bits per heavy atom. The largest absolute Gasteiger partial charge is 0.416 e. The molecule has 2 aromatic heterocycles. The molecular weight excluding hydrogens is 383 g/mol. The summed E-state index contributed by atoms with van der Waals surface area (Å²) in [5.41, 5.74) is 0.549. The van der Waals surface area contributed by atoms with Crippen molar-refractivity contribution >= 4 is 5.82 Å². The lowest BCUT2D eigenvalue weighted by molar-refractivity contribution is -0.137. The standard InChI is InChI=1S/C19H20F3N7/c20-19(21,22)13-9-7-12(8-10-13)15-11-23-17(18-26-28-29-27-18)25-16(15)24-14-5-3-1-2-4-6-14/h7-11,14H,1-6H2,(H,23,24,25)(H,26,27,28,29). The first-order valence-corrected chi connectivity index (χ1v) is 9.56. The Balaban J connectivity index is 1.69. The number of aromatic amines is 1. The van der Waals surface area contributed by atoms with Crippen molar-refractivity contribution in [2.75, 3.05) is 5.32 Å². The van der Waals surface area contributed by atoms with Crippen molar-refractivity contribution in [3.63, 3.8) is 0 Å². The van der Waals surface area contributed by atoms with E-state index in [1.54, 1.807) is 6.20 Å². The van der Waals surface area contributed by atoms with Gasteiger partial charge in [-0.25, -0.2) is 9.97 Å². The number of rotatable bonds is 4. The van der Waals surface area contributed by atoms with Gasteiger partial charge < -0.3 is 5.32 Å². The SMILES string of the molecule is FC(F)(F)c1ccc(-c2cnc(-c3nn[nH]n3)nc2NC2CCCCCC2)cc1. The molecule has 0 radical (unpaired) electrons. The van der Waals surface area contributed by atoms with Gasteiger partial charge in [0, 0.05) is 17.8 Å². The van der Waals surface area contributed by atoms with Crippen molar-refractivity contribution in [3.05, 3.63) is 36.0 Å². The van der Waals surface area contributed by atoms with Crippen molar-refractivity contribution in [2.24, 2.45) is 0 Å². The summed E-state index contributed by atoms with van der Waals surface area (Å²) in [6, 6.07) is 5.26. The molecule has 7 nitrogen and oxygen atoms in total. The number of benzene rings is 1. The molecule has 0 bridgehead atoms. The number of hydrogen-bond donors (Lipinski definition) is 2. The highest BCUT2D eigenvalue weighted by Gasteiger charge is 2.30. The molecule has 0 unspecified atom stereocenters. The maximum absolute atomic E-state index is 12.9. The van der Waals surface area contributed by atoms with Crippen LogP contribution in [0.3, 0.4) is 0 Å². The van der Waals surface area contributed by atoms with Crippen LogP contribution in [0.25, 0.3) is 22.8 Å². The Labute approximate surface area is 165 Å². The van der Waals surface area contributed by atoms with Crippen LogP contribution in [0, 0.1) is 0 Å². The van der Waals surface area contributed by atoms with E-state index >= 15 is 0 Å². The summed E-state index contributed by atoms with van der Waals surface area (Å²) in [5, 5.41) is 17.2. The minimum Gasteiger partial charge on any atom is -0.367 e. The maximum atomic E-state index is 12.9. The Kier molecular flexibility index (Phi) is 5.41. The van der Waals surface area contributed by atoms with Gasteiger partial charge in [0.1, 0.15) is 5.82 Å². The van der Waals surface area contributed by atoms with E-state index in [-0.39, 0.29) is 11.9 Å². The lowest BCUT2D eigenvalue weighted by Crippen LogP contribution is -2.20. The second-order valence-corrected chi connectivity index (χ2v) is 7.10. The van der Waals surface area contributed by atoms with Gasteiger partial charge in [0.2, 0.25) is 11.6 Å². The molecule has 0 spiro atoms. The van der Waals surface area contributed by atoms with E-state index in [0.29, 0.717) is 22.8 Å². The summed E-state index contributed by atoms with van der Waals surface area (Å²) in [7, 11) is 0. The molecule has 1 aromatic carbocycles. The van der Waals surface area contributed by atoms with Crippen LogP contribution in [0.1, 0.15) is 44.1 Å². The van der Waals surface area contributed by atoms with Crippen molar-refractivity contribution in [1.29, 1.82) is 0 Å². The topological polar surface area (TPSA) is 92.3 Å². The molecule has 4 rings (SSSR count). The number of hydrogen-bond acceptors (Lipinski definition) is 6. The van der Waals surface area contributed by atoms with Gasteiger partial charge in [0.15, 0.2) is 0 Å². The molecule has 2 heterocycles. The highest BCUT2D eigenvalue weighted by Crippen LogP contribution is 2.33. The lowest BCUT2D eigenvalue weighted by Gasteiger charge is -2.19. The molecular formula is C19H20F3N7. The van der Waals surface area contributed by atoms with Crippen molar-refractivity contribution < 1.29 is 13.2 Å². The third-order valence-electron chi connectivity index (χ3n) is 5.05. The Hall–Kier alpha value is -3.04. The summed E-state index contributed by atoms with van der Waals surface area (Å²) in [5.74, 6) is 1.12. The number of H-pyrrole nitrogens is 1. The average molecular weight is 403 g/mol. The smallest absolute Gasteiger partial charge is 0.367 e. The summed E-state index contributed by atoms with van der Waals surface area (Å²) in [6.07, 6.45) is 3.94. The molecule has 10 heteroatoms. The highest BCUT2D eigenvalue weighted by atomic mass is 19.4. The zero-order valence-electron chi connectivity index (χ0n) is 15.6. The van der Waals surface area contributed by atoms with E-state index < -0.39 is 11.7 Å². The number of halogens is 3. The number of nitrogens with zero attached hydrogens (tertiary/aromatic N) is 5. The predicted molar refractivity (Wildman–Crippen MR) is 101 cm³/mol. The van der Waals surface area contributed by atoms with E-state index in [9.17, 15) is 13.2 Å². The molecule has 1 aliphatic carbocycles. The summed E-state index contributed by atoms with van der Waals surface area (Å²) >= 11 is 0. The van der Waals surface area contributed by atoms with Gasteiger partial charge in [-0.1, -0.05) is 37.8 Å². The van der Waals surface area contributed by atoms with Crippen LogP contribution in [0.2, 0.25) is 0 Å². The van der Waals surface area contributed by atoms with E-state index in [1.165, 1.54) is 25.0 Å². The first-order valence-electron chi connectivity index (χ1n) is 9.56. The van der Waals surface area contributed by atoms with E-state index in [0.717, 1.165) is 37.8 Å². The van der Waals surface area contributed by atoms with Gasteiger partial charge in [-0.3, -0.25) is 0 Å². The number of anilines is 1. The van der Waals surface area contributed by atoms with Gasteiger partial charge in [-0.15, -0.1) is 10.2 Å². The van der Waals surface area contributed by atoms with Gasteiger partial charge in [-0.05, 0) is 35.8 Å². The van der Waals surface area contributed by atoms with Crippen LogP contribution in [0.4, 0.5) is 19.0 Å². The minimum absolute atomic E-state index is 0.249. The lowest BCUT2D eigenvalue weighted by atomic mass is 10.0. The quantitative estimate of drug-likeness (QED) is 0.624. The molecule has 1 fully saturated rings. The normalized spacial score (nSPS) is 15.8. The van der Waals surface area contributed by atoms with Gasteiger partial charge in [-0.2, -0.15) is 18.4 Å². The third kappa shape index (κ3) is 4.52. The molecule has 0 saturated heterocycles. The van der Waals surface area contributed by atoms with Crippen LogP contribution in [0.5, 0.6) is 0 Å². The first kappa shape index (κ1) is 19.3.